The van der Waals surface area contributed by atoms with Crippen molar-refractivity contribution in [3.63, 3.8) is 0 Å². The maximum atomic E-state index is 13.6. The Hall–Kier alpha value is -2.88. The van der Waals surface area contributed by atoms with E-state index >= 15 is 0 Å². The van der Waals surface area contributed by atoms with E-state index in [-0.39, 0.29) is 10.7 Å². The van der Waals surface area contributed by atoms with Gasteiger partial charge in [-0.1, -0.05) is 24.3 Å². The summed E-state index contributed by atoms with van der Waals surface area (Å²) >= 11 is 0. The topological polar surface area (TPSA) is 94.1 Å². The molecule has 156 valence electrons. The molecule has 9 heteroatoms. The lowest BCUT2D eigenvalue weighted by Gasteiger charge is -2.20. The van der Waals surface area contributed by atoms with E-state index in [0.29, 0.717) is 30.3 Å². The molecular weight excluding hydrogens is 405 g/mol. The van der Waals surface area contributed by atoms with Crippen molar-refractivity contribution in [3.8, 4) is 5.69 Å². The van der Waals surface area contributed by atoms with Crippen LogP contribution in [0.15, 0.2) is 65.6 Å². The molecule has 1 aliphatic heterocycles. The zero-order chi connectivity index (χ0) is 21.1. The average molecular weight is 428 g/mol. The number of halogens is 1. The molecule has 7 nitrogen and oxygen atoms in total. The largest absolute Gasteiger partial charge is 0.292 e. The second kappa shape index (κ2) is 8.47. The third-order valence-electron chi connectivity index (χ3n) is 4.89. The van der Waals surface area contributed by atoms with Gasteiger partial charge in [0, 0.05) is 19.5 Å². The quantitative estimate of drug-likeness (QED) is 0.610. The van der Waals surface area contributed by atoms with E-state index in [1.807, 2.05) is 6.07 Å². The lowest BCUT2D eigenvalue weighted by molar-refractivity contribution is 0.283. The zero-order valence-corrected chi connectivity index (χ0v) is 17.1. The minimum Gasteiger partial charge on any atom is -0.292 e. The van der Waals surface area contributed by atoms with Gasteiger partial charge in [-0.05, 0) is 48.4 Å². The Labute approximate surface area is 174 Å². The summed E-state index contributed by atoms with van der Waals surface area (Å²) in [5, 5.41) is 9.84. The number of rotatable bonds is 6. The lowest BCUT2D eigenvalue weighted by Crippen LogP contribution is -2.27. The number of primary sulfonamides is 1. The molecule has 0 radical (unpaired) electrons. The van der Waals surface area contributed by atoms with E-state index in [1.165, 1.54) is 24.3 Å². The summed E-state index contributed by atoms with van der Waals surface area (Å²) in [4.78, 5) is 6.97. The summed E-state index contributed by atoms with van der Waals surface area (Å²) in [6, 6.07) is 12.5. The van der Waals surface area contributed by atoms with E-state index in [0.717, 1.165) is 25.1 Å². The molecule has 3 aromatic rings. The van der Waals surface area contributed by atoms with Gasteiger partial charge in [0.25, 0.3) is 0 Å². The van der Waals surface area contributed by atoms with Crippen LogP contribution in [0.2, 0.25) is 0 Å². The van der Waals surface area contributed by atoms with Crippen LogP contribution in [0, 0.1) is 5.82 Å². The van der Waals surface area contributed by atoms with E-state index in [2.05, 4.69) is 22.2 Å². The zero-order valence-electron chi connectivity index (χ0n) is 16.3. The van der Waals surface area contributed by atoms with Crippen LogP contribution >= 0.6 is 0 Å². The molecule has 2 aromatic carbocycles. The molecule has 0 saturated carbocycles. The first-order valence-corrected chi connectivity index (χ1v) is 11.1. The van der Waals surface area contributed by atoms with Crippen LogP contribution in [-0.4, -0.2) is 41.2 Å². The molecule has 2 N–H and O–H groups in total. The Balaban J connectivity index is 1.68. The summed E-state index contributed by atoms with van der Waals surface area (Å²) in [6.07, 6.45) is 5.67. The Kier molecular flexibility index (Phi) is 5.76. The molecule has 0 amide bonds. The summed E-state index contributed by atoms with van der Waals surface area (Å²) in [5.41, 5.74) is 1.43. The van der Waals surface area contributed by atoms with Crippen molar-refractivity contribution in [3.05, 3.63) is 83.7 Å². The molecule has 1 aromatic heterocycles. The van der Waals surface area contributed by atoms with Gasteiger partial charge in [-0.25, -0.2) is 27.6 Å². The molecule has 4 rings (SSSR count). The first kappa shape index (κ1) is 20.4. The maximum absolute atomic E-state index is 13.6. The molecule has 0 bridgehead atoms. The van der Waals surface area contributed by atoms with E-state index in [1.54, 1.807) is 22.9 Å². The number of nitrogens with zero attached hydrogens (tertiary/aromatic N) is 4. The predicted molar refractivity (Wildman–Crippen MR) is 111 cm³/mol. The van der Waals surface area contributed by atoms with Crippen molar-refractivity contribution in [2.24, 2.45) is 5.14 Å². The Morgan fingerprint density at radius 2 is 1.90 bits per heavy atom. The van der Waals surface area contributed by atoms with Crippen LogP contribution in [0.4, 0.5) is 4.39 Å². The number of sulfonamides is 1. The third-order valence-corrected chi connectivity index (χ3v) is 5.82. The second-order valence-electron chi connectivity index (χ2n) is 7.20. The molecule has 0 atom stereocenters. The Morgan fingerprint density at radius 3 is 2.57 bits per heavy atom. The number of hydrogen-bond acceptors (Lipinski definition) is 5. The van der Waals surface area contributed by atoms with Crippen molar-refractivity contribution in [2.45, 2.75) is 24.3 Å². The fourth-order valence-electron chi connectivity index (χ4n) is 3.42. The van der Waals surface area contributed by atoms with E-state index < -0.39 is 10.0 Å². The highest BCUT2D eigenvalue weighted by molar-refractivity contribution is 7.89. The SMILES string of the molecule is NS(=O)(=O)c1ccc(-n2nc(CN3CC=CCC3)nc2Cc2cccc(F)c2)cc1. The normalized spacial score (nSPS) is 14.9. The average Bonchev–Trinajstić information content (AvgIpc) is 3.10. The molecule has 0 fully saturated rings. The van der Waals surface area contributed by atoms with Gasteiger partial charge in [0.05, 0.1) is 17.1 Å². The first-order valence-electron chi connectivity index (χ1n) is 9.58. The predicted octanol–water partition coefficient (Wildman–Crippen LogP) is 2.41. The van der Waals surface area contributed by atoms with Crippen LogP contribution in [0.1, 0.15) is 23.6 Å². The fraction of sp³-hybridized carbons (Fsp3) is 0.238. The van der Waals surface area contributed by atoms with Gasteiger partial charge in [-0.3, -0.25) is 4.90 Å². The van der Waals surface area contributed by atoms with Gasteiger partial charge in [-0.2, -0.15) is 0 Å². The van der Waals surface area contributed by atoms with Gasteiger partial charge in [0.2, 0.25) is 10.0 Å². The minimum atomic E-state index is -3.78. The summed E-state index contributed by atoms with van der Waals surface area (Å²) in [5.74, 6) is 0.995. The third kappa shape index (κ3) is 4.81. The summed E-state index contributed by atoms with van der Waals surface area (Å²) in [7, 11) is -3.78. The molecule has 30 heavy (non-hydrogen) atoms. The molecule has 0 unspecified atom stereocenters. The minimum absolute atomic E-state index is 0.0263. The van der Waals surface area contributed by atoms with Crippen molar-refractivity contribution in [1.82, 2.24) is 19.7 Å². The number of nitrogens with two attached hydrogens (primary N) is 1. The van der Waals surface area contributed by atoms with Gasteiger partial charge in [0.1, 0.15) is 11.6 Å². The fourth-order valence-corrected chi connectivity index (χ4v) is 3.94. The molecule has 1 aliphatic rings. The smallest absolute Gasteiger partial charge is 0.238 e. The maximum Gasteiger partial charge on any atom is 0.238 e. The Morgan fingerprint density at radius 1 is 1.10 bits per heavy atom. The standard InChI is InChI=1S/C21H22FN5O2S/c22-17-6-4-5-16(13-17)14-21-24-20(15-26-11-2-1-3-12-26)25-27(21)18-7-9-19(10-8-18)30(23,28)29/h1-2,4-10,13H,3,11-12,14-15H2,(H2,23,28,29). The number of aromatic nitrogens is 3. The van der Waals surface area contributed by atoms with Crippen LogP contribution in [0.5, 0.6) is 0 Å². The highest BCUT2D eigenvalue weighted by Gasteiger charge is 2.17. The molecule has 0 saturated heterocycles. The van der Waals surface area contributed by atoms with Gasteiger partial charge in [-0.15, -0.1) is 5.10 Å². The molecule has 0 spiro atoms. The van der Waals surface area contributed by atoms with E-state index in [9.17, 15) is 12.8 Å². The molecular formula is C21H22FN5O2S. The van der Waals surface area contributed by atoms with Crippen LogP contribution in [0.3, 0.4) is 0 Å². The van der Waals surface area contributed by atoms with Gasteiger partial charge < -0.3 is 0 Å². The van der Waals surface area contributed by atoms with Crippen molar-refractivity contribution in [2.75, 3.05) is 13.1 Å². The number of hydrogen-bond donors (Lipinski definition) is 1. The molecule has 0 aliphatic carbocycles. The highest BCUT2D eigenvalue weighted by Crippen LogP contribution is 2.18. The lowest BCUT2D eigenvalue weighted by atomic mass is 10.1. The van der Waals surface area contributed by atoms with Gasteiger partial charge >= 0.3 is 0 Å². The second-order valence-corrected chi connectivity index (χ2v) is 8.76. The van der Waals surface area contributed by atoms with Crippen LogP contribution in [0.25, 0.3) is 5.69 Å². The summed E-state index contributed by atoms with van der Waals surface area (Å²) < 4.78 is 38.4. The Bertz CT molecular complexity index is 1170. The molecule has 2 heterocycles. The highest BCUT2D eigenvalue weighted by atomic mass is 32.2. The van der Waals surface area contributed by atoms with Crippen LogP contribution < -0.4 is 5.14 Å². The van der Waals surface area contributed by atoms with Crippen LogP contribution in [-0.2, 0) is 23.0 Å². The van der Waals surface area contributed by atoms with Crippen molar-refractivity contribution < 1.29 is 12.8 Å². The van der Waals surface area contributed by atoms with Gasteiger partial charge in [0.15, 0.2) is 5.82 Å². The first-order chi connectivity index (χ1) is 14.4. The van der Waals surface area contributed by atoms with E-state index in [4.69, 9.17) is 10.1 Å². The monoisotopic (exact) mass is 427 g/mol. The summed E-state index contributed by atoms with van der Waals surface area (Å²) in [6.45, 7) is 2.38. The number of benzene rings is 2. The van der Waals surface area contributed by atoms with Crippen molar-refractivity contribution >= 4 is 10.0 Å². The van der Waals surface area contributed by atoms with Crippen molar-refractivity contribution in [1.29, 1.82) is 0 Å².